The van der Waals surface area contributed by atoms with Crippen molar-refractivity contribution in [3.63, 3.8) is 0 Å². The molecule has 124 valence electrons. The van der Waals surface area contributed by atoms with E-state index in [4.69, 9.17) is 9.47 Å². The molecule has 1 atom stereocenters. The zero-order valence-corrected chi connectivity index (χ0v) is 14.2. The van der Waals surface area contributed by atoms with Gasteiger partial charge in [-0.1, -0.05) is 12.1 Å². The van der Waals surface area contributed by atoms with Crippen LogP contribution in [0.3, 0.4) is 0 Å². The average molecular weight is 363 g/mol. The zero-order valence-electron chi connectivity index (χ0n) is 12.6. The summed E-state index contributed by atoms with van der Waals surface area (Å²) in [6.07, 6.45) is 0. The Labute approximate surface area is 142 Å². The highest BCUT2D eigenvalue weighted by Gasteiger charge is 2.23. The molecule has 0 amide bonds. The lowest BCUT2D eigenvalue weighted by Gasteiger charge is -2.15. The molecule has 2 aromatic carbocycles. The summed E-state index contributed by atoms with van der Waals surface area (Å²) in [7, 11) is -3.74. The molecule has 0 spiro atoms. The fourth-order valence-corrected chi connectivity index (χ4v) is 4.54. The van der Waals surface area contributed by atoms with Crippen molar-refractivity contribution in [3.8, 4) is 11.5 Å². The van der Waals surface area contributed by atoms with Gasteiger partial charge < -0.3 is 9.47 Å². The highest BCUT2D eigenvalue weighted by Crippen LogP contribution is 2.34. The molecule has 7 nitrogen and oxygen atoms in total. The highest BCUT2D eigenvalue weighted by atomic mass is 32.2. The van der Waals surface area contributed by atoms with Gasteiger partial charge in [0.05, 0.1) is 11.7 Å². The molecule has 3 aromatic rings. The van der Waals surface area contributed by atoms with Crippen LogP contribution in [0, 0.1) is 0 Å². The molecule has 24 heavy (non-hydrogen) atoms. The van der Waals surface area contributed by atoms with Gasteiger partial charge in [0.25, 0.3) is 0 Å². The number of aromatic nitrogens is 2. The van der Waals surface area contributed by atoms with Crippen LogP contribution >= 0.6 is 11.7 Å². The number of ether oxygens (including phenoxy) is 2. The van der Waals surface area contributed by atoms with Gasteiger partial charge in [0, 0.05) is 6.04 Å². The van der Waals surface area contributed by atoms with Gasteiger partial charge in [-0.3, -0.25) is 0 Å². The number of nitrogens with zero attached hydrogens (tertiary/aromatic N) is 2. The standard InChI is InChI=1S/C15H13N3O4S2/c1-9(10-5-6-12-13(7-10)22-8-21-12)18-24(19,20)14-4-2-3-11-15(14)17-23-16-11/h2-7,9,18H,8H2,1H3/t9-/m1/s1. The van der Waals surface area contributed by atoms with E-state index in [1.54, 1.807) is 31.2 Å². The lowest BCUT2D eigenvalue weighted by atomic mass is 10.1. The van der Waals surface area contributed by atoms with Crippen LogP contribution in [0.15, 0.2) is 41.3 Å². The molecule has 1 aromatic heterocycles. The molecule has 0 unspecified atom stereocenters. The Morgan fingerprint density at radius 1 is 1.17 bits per heavy atom. The minimum atomic E-state index is -3.74. The van der Waals surface area contributed by atoms with Crippen LogP contribution in [-0.4, -0.2) is 24.0 Å². The number of fused-ring (bicyclic) bond motifs is 2. The summed E-state index contributed by atoms with van der Waals surface area (Å²) in [5, 5.41) is 0. The average Bonchev–Trinajstić information content (AvgIpc) is 3.21. The van der Waals surface area contributed by atoms with E-state index in [0.717, 1.165) is 17.3 Å². The molecule has 0 fully saturated rings. The maximum absolute atomic E-state index is 12.7. The van der Waals surface area contributed by atoms with E-state index < -0.39 is 16.1 Å². The predicted octanol–water partition coefficient (Wildman–Crippen LogP) is 2.46. The Morgan fingerprint density at radius 2 is 2.00 bits per heavy atom. The lowest BCUT2D eigenvalue weighted by molar-refractivity contribution is 0.174. The molecule has 2 heterocycles. The number of sulfonamides is 1. The zero-order chi connectivity index (χ0) is 16.7. The second-order valence-electron chi connectivity index (χ2n) is 5.34. The number of hydrogen-bond acceptors (Lipinski definition) is 7. The molecule has 9 heteroatoms. The molecular weight excluding hydrogens is 350 g/mol. The number of hydrogen-bond donors (Lipinski definition) is 1. The van der Waals surface area contributed by atoms with Crippen LogP contribution < -0.4 is 14.2 Å². The summed E-state index contributed by atoms with van der Waals surface area (Å²) in [6, 6.07) is 9.84. The van der Waals surface area contributed by atoms with Gasteiger partial charge in [0.15, 0.2) is 11.5 Å². The predicted molar refractivity (Wildman–Crippen MR) is 88.7 cm³/mol. The third-order valence-corrected chi connectivity index (χ3v) is 5.88. The topological polar surface area (TPSA) is 90.4 Å². The van der Waals surface area contributed by atoms with Gasteiger partial charge in [-0.2, -0.15) is 8.75 Å². The Bertz CT molecular complexity index is 1020. The summed E-state index contributed by atoms with van der Waals surface area (Å²) < 4.78 is 46.9. The third kappa shape index (κ3) is 2.60. The summed E-state index contributed by atoms with van der Waals surface area (Å²) in [5.41, 5.74) is 1.73. The maximum Gasteiger partial charge on any atom is 0.243 e. The molecular formula is C15H13N3O4S2. The van der Waals surface area contributed by atoms with Gasteiger partial charge in [0.2, 0.25) is 16.8 Å². The lowest BCUT2D eigenvalue weighted by Crippen LogP contribution is -2.27. The quantitative estimate of drug-likeness (QED) is 0.766. The maximum atomic E-state index is 12.7. The molecule has 0 saturated carbocycles. The Morgan fingerprint density at radius 3 is 2.88 bits per heavy atom. The first-order chi connectivity index (χ1) is 11.5. The molecule has 0 saturated heterocycles. The van der Waals surface area contributed by atoms with Gasteiger partial charge in [-0.05, 0) is 36.8 Å². The van der Waals surface area contributed by atoms with Crippen LogP contribution in [0.5, 0.6) is 11.5 Å². The van der Waals surface area contributed by atoms with Gasteiger partial charge in [-0.25, -0.2) is 13.1 Å². The second-order valence-corrected chi connectivity index (χ2v) is 7.55. The molecule has 1 N–H and O–H groups in total. The van der Waals surface area contributed by atoms with Crippen molar-refractivity contribution in [3.05, 3.63) is 42.0 Å². The van der Waals surface area contributed by atoms with E-state index in [-0.39, 0.29) is 11.7 Å². The first-order valence-electron chi connectivity index (χ1n) is 7.18. The molecule has 0 radical (unpaired) electrons. The highest BCUT2D eigenvalue weighted by molar-refractivity contribution is 7.89. The minimum Gasteiger partial charge on any atom is -0.454 e. The SMILES string of the molecule is C[C@@H](NS(=O)(=O)c1cccc2nsnc12)c1ccc2c(c1)OCO2. The van der Waals surface area contributed by atoms with Crippen molar-refractivity contribution in [2.75, 3.05) is 6.79 Å². The van der Waals surface area contributed by atoms with Crippen molar-refractivity contribution in [1.29, 1.82) is 0 Å². The van der Waals surface area contributed by atoms with Crippen molar-refractivity contribution < 1.29 is 17.9 Å². The number of nitrogens with one attached hydrogen (secondary N) is 1. The Hall–Kier alpha value is -2.23. The van der Waals surface area contributed by atoms with Crippen LogP contribution in [-0.2, 0) is 10.0 Å². The van der Waals surface area contributed by atoms with Crippen molar-refractivity contribution in [2.24, 2.45) is 0 Å². The van der Waals surface area contributed by atoms with E-state index in [0.29, 0.717) is 22.5 Å². The van der Waals surface area contributed by atoms with Crippen LogP contribution in [0.25, 0.3) is 11.0 Å². The second kappa shape index (κ2) is 5.69. The van der Waals surface area contributed by atoms with Gasteiger partial charge >= 0.3 is 0 Å². The van der Waals surface area contributed by atoms with Crippen LogP contribution in [0.2, 0.25) is 0 Å². The van der Waals surface area contributed by atoms with Crippen LogP contribution in [0.4, 0.5) is 0 Å². The fourth-order valence-electron chi connectivity index (χ4n) is 2.54. The van der Waals surface area contributed by atoms with E-state index in [2.05, 4.69) is 13.5 Å². The Balaban J connectivity index is 1.65. The van der Waals surface area contributed by atoms with Crippen molar-refractivity contribution in [2.45, 2.75) is 17.9 Å². The summed E-state index contributed by atoms with van der Waals surface area (Å²) in [6.45, 7) is 1.95. The minimum absolute atomic E-state index is 0.126. The normalized spacial score (nSPS) is 14.9. The van der Waals surface area contributed by atoms with Gasteiger partial charge in [-0.15, -0.1) is 0 Å². The molecule has 0 aliphatic carbocycles. The van der Waals surface area contributed by atoms with Crippen LogP contribution in [0.1, 0.15) is 18.5 Å². The smallest absolute Gasteiger partial charge is 0.243 e. The number of benzene rings is 2. The van der Waals surface area contributed by atoms with E-state index in [1.165, 1.54) is 6.07 Å². The van der Waals surface area contributed by atoms with Gasteiger partial charge in [0.1, 0.15) is 15.9 Å². The summed E-state index contributed by atoms with van der Waals surface area (Å²) in [5.74, 6) is 1.27. The molecule has 4 rings (SSSR count). The van der Waals surface area contributed by atoms with E-state index in [9.17, 15) is 8.42 Å². The first-order valence-corrected chi connectivity index (χ1v) is 9.39. The monoisotopic (exact) mass is 363 g/mol. The summed E-state index contributed by atoms with van der Waals surface area (Å²) >= 11 is 0.989. The van der Waals surface area contributed by atoms with Crippen molar-refractivity contribution in [1.82, 2.24) is 13.5 Å². The summed E-state index contributed by atoms with van der Waals surface area (Å²) in [4.78, 5) is 0.126. The molecule has 1 aliphatic rings. The molecule has 0 bridgehead atoms. The van der Waals surface area contributed by atoms with E-state index >= 15 is 0 Å². The fraction of sp³-hybridized carbons (Fsp3) is 0.200. The van der Waals surface area contributed by atoms with Crippen molar-refractivity contribution >= 4 is 32.8 Å². The first kappa shape index (κ1) is 15.3. The third-order valence-electron chi connectivity index (χ3n) is 3.77. The number of rotatable bonds is 4. The largest absolute Gasteiger partial charge is 0.454 e. The Kier molecular flexibility index (Phi) is 3.63. The molecule has 1 aliphatic heterocycles. The van der Waals surface area contributed by atoms with E-state index in [1.807, 2.05) is 6.07 Å².